The second kappa shape index (κ2) is 8.14. The van der Waals surface area contributed by atoms with E-state index < -0.39 is 0 Å². The molecule has 2 aliphatic heterocycles. The second-order valence-electron chi connectivity index (χ2n) is 7.18. The predicted molar refractivity (Wildman–Crippen MR) is 96.7 cm³/mol. The van der Waals surface area contributed by atoms with Crippen LogP contribution in [0.25, 0.3) is 0 Å². The van der Waals surface area contributed by atoms with Crippen molar-refractivity contribution in [1.82, 2.24) is 15.1 Å². The maximum Gasteiger partial charge on any atom is 0.234 e. The molecule has 1 saturated carbocycles. The van der Waals surface area contributed by atoms with Gasteiger partial charge in [0, 0.05) is 44.8 Å². The van der Waals surface area contributed by atoms with E-state index in [0.29, 0.717) is 19.2 Å². The van der Waals surface area contributed by atoms with Crippen LogP contribution in [0.3, 0.4) is 0 Å². The van der Waals surface area contributed by atoms with Crippen LogP contribution < -0.4 is 19.5 Å². The van der Waals surface area contributed by atoms with E-state index in [1.54, 1.807) is 0 Å². The van der Waals surface area contributed by atoms with Crippen LogP contribution in [0.4, 0.5) is 0 Å². The van der Waals surface area contributed by atoms with Crippen molar-refractivity contribution in [3.63, 3.8) is 0 Å². The highest BCUT2D eigenvalue weighted by molar-refractivity contribution is 5.78. The second-order valence-corrected chi connectivity index (χ2v) is 7.18. The number of rotatable bonds is 8. The van der Waals surface area contributed by atoms with Crippen LogP contribution in [0, 0.1) is 0 Å². The van der Waals surface area contributed by atoms with E-state index in [-0.39, 0.29) is 12.7 Å². The molecule has 2 heterocycles. The van der Waals surface area contributed by atoms with Gasteiger partial charge >= 0.3 is 0 Å². The molecule has 1 aromatic carbocycles. The molecular weight excluding hydrogens is 334 g/mol. The van der Waals surface area contributed by atoms with Crippen LogP contribution in [-0.2, 0) is 4.79 Å². The van der Waals surface area contributed by atoms with Gasteiger partial charge in [-0.15, -0.1) is 0 Å². The van der Waals surface area contributed by atoms with Gasteiger partial charge in [0.05, 0.1) is 13.2 Å². The largest absolute Gasteiger partial charge is 0.493 e. The summed E-state index contributed by atoms with van der Waals surface area (Å²) in [6.07, 6.45) is 3.28. The van der Waals surface area contributed by atoms with Gasteiger partial charge in [0.1, 0.15) is 5.75 Å². The number of hydrogen-bond acceptors (Lipinski definition) is 6. The lowest BCUT2D eigenvalue weighted by molar-refractivity contribution is -0.122. The fourth-order valence-electron chi connectivity index (χ4n) is 3.32. The summed E-state index contributed by atoms with van der Waals surface area (Å²) >= 11 is 0. The number of piperazine rings is 1. The van der Waals surface area contributed by atoms with Gasteiger partial charge in [0.2, 0.25) is 12.7 Å². The van der Waals surface area contributed by atoms with Crippen molar-refractivity contribution < 1.29 is 19.0 Å². The summed E-state index contributed by atoms with van der Waals surface area (Å²) in [4.78, 5) is 16.5. The number of fused-ring (bicyclic) bond motifs is 1. The molecule has 1 amide bonds. The number of carbonyl (C=O) groups is 1. The topological polar surface area (TPSA) is 63.3 Å². The molecule has 2 fully saturated rings. The van der Waals surface area contributed by atoms with Crippen LogP contribution in [-0.4, -0.2) is 74.4 Å². The SMILES string of the molecule is O=C(CN1CCN(CCCOc2ccc3c(c2)OCO3)CC1)NC1CC1. The average Bonchev–Trinajstić information content (AvgIpc) is 3.33. The lowest BCUT2D eigenvalue weighted by Gasteiger charge is -2.34. The van der Waals surface area contributed by atoms with Gasteiger partial charge in [-0.25, -0.2) is 0 Å². The minimum atomic E-state index is 0.179. The first-order valence-corrected chi connectivity index (χ1v) is 9.53. The predicted octanol–water partition coefficient (Wildman–Crippen LogP) is 1.08. The van der Waals surface area contributed by atoms with Gasteiger partial charge in [0.15, 0.2) is 11.5 Å². The quantitative estimate of drug-likeness (QED) is 0.699. The molecule has 0 atom stereocenters. The summed E-state index contributed by atoms with van der Waals surface area (Å²) in [6, 6.07) is 6.14. The third-order valence-corrected chi connectivity index (χ3v) is 5.01. The Balaban J connectivity index is 1.09. The normalized spacial score (nSPS) is 20.2. The molecule has 142 valence electrons. The van der Waals surface area contributed by atoms with Crippen LogP contribution in [0.5, 0.6) is 17.2 Å². The summed E-state index contributed by atoms with van der Waals surface area (Å²) in [6.45, 7) is 6.48. The van der Waals surface area contributed by atoms with E-state index in [9.17, 15) is 4.79 Å². The molecule has 0 aromatic heterocycles. The molecule has 1 saturated heterocycles. The minimum absolute atomic E-state index is 0.179. The number of hydrogen-bond donors (Lipinski definition) is 1. The Kier molecular flexibility index (Phi) is 5.45. The monoisotopic (exact) mass is 361 g/mol. The molecule has 4 rings (SSSR count). The summed E-state index contributed by atoms with van der Waals surface area (Å²) < 4.78 is 16.5. The number of amides is 1. The Morgan fingerprint density at radius 3 is 2.69 bits per heavy atom. The number of ether oxygens (including phenoxy) is 3. The number of nitrogens with zero attached hydrogens (tertiary/aromatic N) is 2. The molecule has 3 aliphatic rings. The first kappa shape index (κ1) is 17.4. The zero-order valence-corrected chi connectivity index (χ0v) is 15.1. The zero-order chi connectivity index (χ0) is 17.8. The highest BCUT2D eigenvalue weighted by atomic mass is 16.7. The van der Waals surface area contributed by atoms with Gasteiger partial charge in [0.25, 0.3) is 0 Å². The molecule has 7 heteroatoms. The molecule has 1 aromatic rings. The van der Waals surface area contributed by atoms with Gasteiger partial charge in [-0.3, -0.25) is 9.69 Å². The third kappa shape index (κ3) is 4.80. The first-order chi connectivity index (χ1) is 12.8. The summed E-state index contributed by atoms with van der Waals surface area (Å²) in [5.41, 5.74) is 0. The van der Waals surface area contributed by atoms with E-state index in [1.807, 2.05) is 18.2 Å². The third-order valence-electron chi connectivity index (χ3n) is 5.01. The van der Waals surface area contributed by atoms with Crippen LogP contribution in [0.2, 0.25) is 0 Å². The smallest absolute Gasteiger partial charge is 0.234 e. The first-order valence-electron chi connectivity index (χ1n) is 9.53. The molecule has 1 N–H and O–H groups in total. The summed E-state index contributed by atoms with van der Waals surface area (Å²) in [5.74, 6) is 2.53. The molecule has 0 unspecified atom stereocenters. The molecule has 26 heavy (non-hydrogen) atoms. The lowest BCUT2D eigenvalue weighted by Crippen LogP contribution is -2.49. The highest BCUT2D eigenvalue weighted by Crippen LogP contribution is 2.35. The van der Waals surface area contributed by atoms with Gasteiger partial charge < -0.3 is 24.4 Å². The molecule has 0 spiro atoms. The van der Waals surface area contributed by atoms with Crippen molar-refractivity contribution in [2.24, 2.45) is 0 Å². The Bertz CT molecular complexity index is 627. The van der Waals surface area contributed by atoms with E-state index in [1.165, 1.54) is 0 Å². The minimum Gasteiger partial charge on any atom is -0.493 e. The number of nitrogens with one attached hydrogen (secondary N) is 1. The van der Waals surface area contributed by atoms with Crippen molar-refractivity contribution in [3.8, 4) is 17.2 Å². The molecule has 1 aliphatic carbocycles. The summed E-state index contributed by atoms with van der Waals surface area (Å²) in [5, 5.41) is 3.06. The number of carbonyl (C=O) groups excluding carboxylic acids is 1. The van der Waals surface area contributed by atoms with Crippen LogP contribution in [0.1, 0.15) is 19.3 Å². The maximum atomic E-state index is 11.9. The standard InChI is InChI=1S/C19H27N3O4/c23-19(20-15-2-3-15)13-22-9-7-21(8-10-22)6-1-11-24-16-4-5-17-18(12-16)26-14-25-17/h4-5,12,15H,1-3,6-11,13-14H2,(H,20,23). The fourth-order valence-corrected chi connectivity index (χ4v) is 3.32. The maximum absolute atomic E-state index is 11.9. The van der Waals surface area contributed by atoms with Gasteiger partial charge in [-0.05, 0) is 31.4 Å². The average molecular weight is 361 g/mol. The van der Waals surface area contributed by atoms with Crippen molar-refractivity contribution in [1.29, 1.82) is 0 Å². The van der Waals surface area contributed by atoms with Gasteiger partial charge in [-0.2, -0.15) is 0 Å². The highest BCUT2D eigenvalue weighted by Gasteiger charge is 2.25. The van der Waals surface area contributed by atoms with E-state index in [0.717, 1.165) is 69.2 Å². The summed E-state index contributed by atoms with van der Waals surface area (Å²) in [7, 11) is 0. The lowest BCUT2D eigenvalue weighted by atomic mass is 10.3. The zero-order valence-electron chi connectivity index (χ0n) is 15.1. The fraction of sp³-hybridized carbons (Fsp3) is 0.632. The van der Waals surface area contributed by atoms with E-state index >= 15 is 0 Å². The molecular formula is C19H27N3O4. The van der Waals surface area contributed by atoms with Crippen molar-refractivity contribution >= 4 is 5.91 Å². The Hall–Kier alpha value is -1.99. The van der Waals surface area contributed by atoms with E-state index in [4.69, 9.17) is 14.2 Å². The Morgan fingerprint density at radius 2 is 1.88 bits per heavy atom. The van der Waals surface area contributed by atoms with E-state index in [2.05, 4.69) is 15.1 Å². The van der Waals surface area contributed by atoms with Crippen molar-refractivity contribution in [2.45, 2.75) is 25.3 Å². The van der Waals surface area contributed by atoms with Crippen LogP contribution >= 0.6 is 0 Å². The Labute approximate surface area is 154 Å². The molecule has 0 radical (unpaired) electrons. The molecule has 0 bridgehead atoms. The number of benzene rings is 1. The van der Waals surface area contributed by atoms with Gasteiger partial charge in [-0.1, -0.05) is 0 Å². The molecule has 7 nitrogen and oxygen atoms in total. The van der Waals surface area contributed by atoms with Crippen LogP contribution in [0.15, 0.2) is 18.2 Å². The van der Waals surface area contributed by atoms with Crippen molar-refractivity contribution in [3.05, 3.63) is 18.2 Å². The van der Waals surface area contributed by atoms with Crippen molar-refractivity contribution in [2.75, 3.05) is 52.7 Å². The Morgan fingerprint density at radius 1 is 1.12 bits per heavy atom.